The van der Waals surface area contributed by atoms with Crippen LogP contribution in [0.1, 0.15) is 37.8 Å². The lowest BCUT2D eigenvalue weighted by Crippen LogP contribution is -2.39. The number of nitrogens with zero attached hydrogens (tertiary/aromatic N) is 1. The molecular formula is C17H25NO4. The maximum absolute atomic E-state index is 12.2. The summed E-state index contributed by atoms with van der Waals surface area (Å²) in [6.07, 6.45) is 0.201. The number of carboxylic acids is 1. The van der Waals surface area contributed by atoms with Crippen LogP contribution in [0.15, 0.2) is 18.2 Å². The molecule has 0 spiro atoms. The first-order valence-corrected chi connectivity index (χ1v) is 7.52. The molecule has 1 amide bonds. The zero-order chi connectivity index (χ0) is 16.7. The summed E-state index contributed by atoms with van der Waals surface area (Å²) in [4.78, 5) is 24.4. The number of benzene rings is 1. The van der Waals surface area contributed by atoms with Crippen LogP contribution >= 0.6 is 0 Å². The van der Waals surface area contributed by atoms with Crippen LogP contribution in [0.4, 0.5) is 0 Å². The first-order chi connectivity index (χ1) is 10.3. The summed E-state index contributed by atoms with van der Waals surface area (Å²) in [5.74, 6) is -0.203. The molecule has 0 aliphatic heterocycles. The van der Waals surface area contributed by atoms with E-state index >= 15 is 0 Å². The molecule has 122 valence electrons. The van der Waals surface area contributed by atoms with Gasteiger partial charge in [0.15, 0.2) is 0 Å². The summed E-state index contributed by atoms with van der Waals surface area (Å²) < 4.78 is 5.65. The van der Waals surface area contributed by atoms with Gasteiger partial charge in [-0.1, -0.05) is 17.7 Å². The molecule has 0 aromatic heterocycles. The predicted molar refractivity (Wildman–Crippen MR) is 85.1 cm³/mol. The van der Waals surface area contributed by atoms with Gasteiger partial charge < -0.3 is 14.7 Å². The number of aliphatic carboxylic acids is 1. The molecule has 0 atom stereocenters. The van der Waals surface area contributed by atoms with Crippen LogP contribution < -0.4 is 4.74 Å². The van der Waals surface area contributed by atoms with Gasteiger partial charge >= 0.3 is 5.97 Å². The molecule has 5 nitrogen and oxygen atoms in total. The van der Waals surface area contributed by atoms with Crippen molar-refractivity contribution in [3.63, 3.8) is 0 Å². The highest BCUT2D eigenvalue weighted by molar-refractivity contribution is 5.77. The molecule has 0 aliphatic rings. The first-order valence-electron chi connectivity index (χ1n) is 7.52. The minimum absolute atomic E-state index is 0.0204. The average molecular weight is 307 g/mol. The molecule has 1 rings (SSSR count). The summed E-state index contributed by atoms with van der Waals surface area (Å²) in [6.45, 7) is 8.27. The summed E-state index contributed by atoms with van der Waals surface area (Å²) in [5, 5.41) is 8.74. The third-order valence-electron chi connectivity index (χ3n) is 3.41. The van der Waals surface area contributed by atoms with Crippen LogP contribution in [0.2, 0.25) is 0 Å². The largest absolute Gasteiger partial charge is 0.493 e. The highest BCUT2D eigenvalue weighted by Crippen LogP contribution is 2.19. The smallest absolute Gasteiger partial charge is 0.305 e. The summed E-state index contributed by atoms with van der Waals surface area (Å²) >= 11 is 0. The summed E-state index contributed by atoms with van der Waals surface area (Å²) in [6, 6.07) is 5.88. The minimum Gasteiger partial charge on any atom is -0.493 e. The van der Waals surface area contributed by atoms with Crippen molar-refractivity contribution in [2.75, 3.05) is 13.2 Å². The van der Waals surface area contributed by atoms with E-state index in [2.05, 4.69) is 0 Å². The Morgan fingerprint density at radius 1 is 1.23 bits per heavy atom. The van der Waals surface area contributed by atoms with Gasteiger partial charge in [0.2, 0.25) is 5.91 Å². The van der Waals surface area contributed by atoms with Gasteiger partial charge in [0.25, 0.3) is 0 Å². The molecular weight excluding hydrogens is 282 g/mol. The standard InChI is InChI=1S/C17H25NO4/c1-12(2)18(9-7-17(20)21)16(19)8-10-22-15-6-5-13(3)11-14(15)4/h5-6,11-12H,7-10H2,1-4H3,(H,20,21). The molecule has 0 saturated carbocycles. The molecule has 0 radical (unpaired) electrons. The third kappa shape index (κ3) is 5.76. The van der Waals surface area contributed by atoms with Crippen LogP contribution in [0.5, 0.6) is 5.75 Å². The van der Waals surface area contributed by atoms with Gasteiger partial charge in [0.05, 0.1) is 19.4 Å². The number of carboxylic acid groups (broad SMARTS) is 1. The van der Waals surface area contributed by atoms with Crippen molar-refractivity contribution < 1.29 is 19.4 Å². The van der Waals surface area contributed by atoms with E-state index in [0.29, 0.717) is 6.61 Å². The number of carbonyl (C=O) groups is 2. The lowest BCUT2D eigenvalue weighted by molar-refractivity contribution is -0.139. The van der Waals surface area contributed by atoms with Crippen molar-refractivity contribution in [2.45, 2.75) is 46.6 Å². The number of rotatable bonds is 8. The highest BCUT2D eigenvalue weighted by atomic mass is 16.5. The molecule has 1 N–H and O–H groups in total. The second kappa shape index (κ2) is 8.41. The normalized spacial score (nSPS) is 10.6. The van der Waals surface area contributed by atoms with Crippen molar-refractivity contribution in [1.29, 1.82) is 0 Å². The summed E-state index contributed by atoms with van der Waals surface area (Å²) in [5.41, 5.74) is 2.21. The van der Waals surface area contributed by atoms with Crippen molar-refractivity contribution in [1.82, 2.24) is 4.90 Å². The first kappa shape index (κ1) is 18.0. The van der Waals surface area contributed by atoms with Crippen molar-refractivity contribution >= 4 is 11.9 Å². The fourth-order valence-corrected chi connectivity index (χ4v) is 2.24. The molecule has 1 aromatic rings. The molecule has 0 fully saturated rings. The summed E-state index contributed by atoms with van der Waals surface area (Å²) in [7, 11) is 0. The SMILES string of the molecule is Cc1ccc(OCCC(=O)N(CCC(=O)O)C(C)C)c(C)c1. The molecule has 0 heterocycles. The topological polar surface area (TPSA) is 66.8 Å². The minimum atomic E-state index is -0.898. The zero-order valence-corrected chi connectivity index (χ0v) is 13.8. The highest BCUT2D eigenvalue weighted by Gasteiger charge is 2.17. The fourth-order valence-electron chi connectivity index (χ4n) is 2.24. The molecule has 1 aromatic carbocycles. The molecule has 22 heavy (non-hydrogen) atoms. The van der Waals surface area contributed by atoms with Crippen LogP contribution in [-0.2, 0) is 9.59 Å². The average Bonchev–Trinajstić information content (AvgIpc) is 2.40. The molecule has 5 heteroatoms. The molecule has 0 unspecified atom stereocenters. The van der Waals surface area contributed by atoms with E-state index in [1.165, 1.54) is 5.56 Å². The number of hydrogen-bond acceptors (Lipinski definition) is 3. The van der Waals surface area contributed by atoms with Crippen LogP contribution in [0, 0.1) is 13.8 Å². The Morgan fingerprint density at radius 2 is 1.91 bits per heavy atom. The van der Waals surface area contributed by atoms with Gasteiger partial charge in [0.1, 0.15) is 5.75 Å². The lowest BCUT2D eigenvalue weighted by atomic mass is 10.1. The third-order valence-corrected chi connectivity index (χ3v) is 3.41. The number of hydrogen-bond donors (Lipinski definition) is 1. The predicted octanol–water partition coefficient (Wildman–Crippen LogP) is 2.78. The Bertz CT molecular complexity index is 525. The van der Waals surface area contributed by atoms with E-state index in [1.54, 1.807) is 4.90 Å². The van der Waals surface area contributed by atoms with E-state index in [0.717, 1.165) is 11.3 Å². The van der Waals surface area contributed by atoms with Gasteiger partial charge in [-0.2, -0.15) is 0 Å². The maximum Gasteiger partial charge on any atom is 0.305 e. The van der Waals surface area contributed by atoms with Gasteiger partial charge in [-0.15, -0.1) is 0 Å². The quantitative estimate of drug-likeness (QED) is 0.802. The Balaban J connectivity index is 2.50. The van der Waals surface area contributed by atoms with E-state index < -0.39 is 5.97 Å². The number of amides is 1. The maximum atomic E-state index is 12.2. The van der Waals surface area contributed by atoms with Gasteiger partial charge in [-0.05, 0) is 39.3 Å². The van der Waals surface area contributed by atoms with E-state index in [-0.39, 0.29) is 31.3 Å². The van der Waals surface area contributed by atoms with Gasteiger partial charge in [-0.25, -0.2) is 0 Å². The van der Waals surface area contributed by atoms with Crippen molar-refractivity contribution in [3.8, 4) is 5.75 Å². The molecule has 0 aliphatic carbocycles. The van der Waals surface area contributed by atoms with Crippen molar-refractivity contribution in [3.05, 3.63) is 29.3 Å². The number of aryl methyl sites for hydroxylation is 2. The second-order valence-electron chi connectivity index (χ2n) is 5.69. The van der Waals surface area contributed by atoms with E-state index in [1.807, 2.05) is 45.9 Å². The monoisotopic (exact) mass is 307 g/mol. The molecule has 0 bridgehead atoms. The van der Waals surface area contributed by atoms with Crippen LogP contribution in [0.25, 0.3) is 0 Å². The van der Waals surface area contributed by atoms with Gasteiger partial charge in [-0.3, -0.25) is 9.59 Å². The lowest BCUT2D eigenvalue weighted by Gasteiger charge is -2.26. The van der Waals surface area contributed by atoms with Gasteiger partial charge in [0, 0.05) is 12.6 Å². The Kier molecular flexibility index (Phi) is 6.89. The number of ether oxygens (including phenoxy) is 1. The second-order valence-corrected chi connectivity index (χ2v) is 5.69. The van der Waals surface area contributed by atoms with E-state index in [4.69, 9.17) is 9.84 Å². The van der Waals surface area contributed by atoms with Crippen LogP contribution in [0.3, 0.4) is 0 Å². The fraction of sp³-hybridized carbons (Fsp3) is 0.529. The number of carbonyl (C=O) groups excluding carboxylic acids is 1. The van der Waals surface area contributed by atoms with E-state index in [9.17, 15) is 9.59 Å². The van der Waals surface area contributed by atoms with Crippen LogP contribution in [-0.4, -0.2) is 41.1 Å². The molecule has 0 saturated heterocycles. The Morgan fingerprint density at radius 3 is 2.45 bits per heavy atom. The Hall–Kier alpha value is -2.04. The Labute approximate surface area is 131 Å². The zero-order valence-electron chi connectivity index (χ0n) is 13.8. The van der Waals surface area contributed by atoms with Crippen molar-refractivity contribution in [2.24, 2.45) is 0 Å².